The van der Waals surface area contributed by atoms with Crippen LogP contribution in [0.2, 0.25) is 0 Å². The molecule has 3 aliphatic rings. The third-order valence-electron chi connectivity index (χ3n) is 5.18. The average molecular weight is 555 g/mol. The van der Waals surface area contributed by atoms with Gasteiger partial charge in [0, 0.05) is 25.6 Å². The lowest BCUT2D eigenvalue weighted by molar-refractivity contribution is 0.0270. The normalized spacial score (nSPS) is 28.9. The highest BCUT2D eigenvalue weighted by Gasteiger charge is 2.59. The van der Waals surface area contributed by atoms with Crippen molar-refractivity contribution in [1.29, 1.82) is 0 Å². The third kappa shape index (κ3) is 3.31. The molecule has 0 aromatic carbocycles. The zero-order chi connectivity index (χ0) is 17.2. The molecule has 1 saturated heterocycles. The molecule has 1 unspecified atom stereocenters. The fraction of sp³-hybridized carbons (Fsp3) is 0.765. The monoisotopic (exact) mass is 555 g/mol. The van der Waals surface area contributed by atoms with Crippen LogP contribution >= 0.6 is 45.2 Å². The van der Waals surface area contributed by atoms with Gasteiger partial charge < -0.3 is 14.2 Å². The number of nitrogens with zero attached hydrogens (tertiary/aromatic N) is 3. The van der Waals surface area contributed by atoms with E-state index in [0.717, 1.165) is 29.3 Å². The van der Waals surface area contributed by atoms with Crippen molar-refractivity contribution in [3.8, 4) is 0 Å². The van der Waals surface area contributed by atoms with Crippen LogP contribution in [0.15, 0.2) is 0 Å². The van der Waals surface area contributed by atoms with E-state index >= 15 is 0 Å². The zero-order valence-corrected chi connectivity index (χ0v) is 18.6. The summed E-state index contributed by atoms with van der Waals surface area (Å²) in [6, 6.07) is 0. The van der Waals surface area contributed by atoms with Gasteiger partial charge in [-0.15, -0.1) is 0 Å². The van der Waals surface area contributed by atoms with Crippen LogP contribution in [0.3, 0.4) is 0 Å². The first kappa shape index (κ1) is 17.4. The van der Waals surface area contributed by atoms with Crippen LogP contribution in [-0.2, 0) is 11.3 Å². The lowest BCUT2D eigenvalue weighted by Crippen LogP contribution is -2.37. The quantitative estimate of drug-likeness (QED) is 0.529. The molecule has 1 aromatic rings. The van der Waals surface area contributed by atoms with E-state index in [1.165, 1.54) is 22.4 Å². The minimum atomic E-state index is -0.421. The number of rotatable bonds is 3. The summed E-state index contributed by atoms with van der Waals surface area (Å²) >= 11 is 4.78. The van der Waals surface area contributed by atoms with Gasteiger partial charge >= 0.3 is 6.09 Å². The predicted molar refractivity (Wildman–Crippen MR) is 108 cm³/mol. The van der Waals surface area contributed by atoms with Gasteiger partial charge in [0.2, 0.25) is 0 Å². The van der Waals surface area contributed by atoms with E-state index in [1.807, 2.05) is 25.7 Å². The molecule has 3 atom stereocenters. The molecule has 2 aliphatic carbocycles. The first-order valence-corrected chi connectivity index (χ1v) is 10.8. The van der Waals surface area contributed by atoms with Gasteiger partial charge in [0.1, 0.15) is 18.8 Å². The number of carbonyl (C=O) groups excluding carboxylic acids is 1. The third-order valence-corrected chi connectivity index (χ3v) is 8.06. The molecule has 2 heterocycles. The van der Waals surface area contributed by atoms with Gasteiger partial charge in [-0.05, 0) is 96.5 Å². The van der Waals surface area contributed by atoms with Crippen LogP contribution in [0, 0.1) is 25.2 Å². The maximum absolute atomic E-state index is 12.2. The standard InChI is InChI=1S/C17H23I2N3O2/c1-17(2,3)24-16(23)21-7-10-11(8-21)12(10)15-20-13(18)14(19)22(15)6-9-4-5-9/h9-12H,4-8H2,1-3H3/t10-,11+,12?. The first-order chi connectivity index (χ1) is 11.2. The number of halogens is 2. The van der Waals surface area contributed by atoms with Crippen LogP contribution < -0.4 is 0 Å². The van der Waals surface area contributed by atoms with Gasteiger partial charge in [-0.3, -0.25) is 0 Å². The molecule has 0 radical (unpaired) electrons. The molecule has 7 heteroatoms. The summed E-state index contributed by atoms with van der Waals surface area (Å²) in [5.41, 5.74) is -0.421. The Bertz CT molecular complexity index is 666. The lowest BCUT2D eigenvalue weighted by Gasteiger charge is -2.26. The number of piperidine rings is 1. The minimum Gasteiger partial charge on any atom is -0.444 e. The maximum atomic E-state index is 12.2. The second-order valence-electron chi connectivity index (χ2n) is 8.34. The van der Waals surface area contributed by atoms with E-state index in [-0.39, 0.29) is 6.09 Å². The number of hydrogen-bond acceptors (Lipinski definition) is 3. The maximum Gasteiger partial charge on any atom is 0.410 e. The first-order valence-electron chi connectivity index (χ1n) is 8.64. The molecule has 2 saturated carbocycles. The molecule has 0 spiro atoms. The van der Waals surface area contributed by atoms with Crippen molar-refractivity contribution >= 4 is 51.3 Å². The minimum absolute atomic E-state index is 0.168. The van der Waals surface area contributed by atoms with Gasteiger partial charge in [0.25, 0.3) is 0 Å². The van der Waals surface area contributed by atoms with Gasteiger partial charge in [-0.2, -0.15) is 0 Å². The second kappa shape index (κ2) is 5.99. The summed E-state index contributed by atoms with van der Waals surface area (Å²) in [4.78, 5) is 19.0. The van der Waals surface area contributed by atoms with Crippen LogP contribution in [0.1, 0.15) is 45.4 Å². The van der Waals surface area contributed by atoms with Gasteiger partial charge in [-0.25, -0.2) is 9.78 Å². The van der Waals surface area contributed by atoms with Crippen LogP contribution in [-0.4, -0.2) is 39.2 Å². The molecule has 1 aromatic heterocycles. The van der Waals surface area contributed by atoms with Gasteiger partial charge in [0.05, 0.1) is 0 Å². The Morgan fingerprint density at radius 3 is 2.42 bits per heavy atom. The lowest BCUT2D eigenvalue weighted by atomic mass is 10.2. The molecule has 132 valence electrons. The van der Waals surface area contributed by atoms with Crippen LogP contribution in [0.4, 0.5) is 4.79 Å². The number of imidazole rings is 1. The van der Waals surface area contributed by atoms with Crippen molar-refractivity contribution in [3.05, 3.63) is 13.2 Å². The highest BCUT2D eigenvalue weighted by atomic mass is 127. The number of hydrogen-bond donors (Lipinski definition) is 0. The van der Waals surface area contributed by atoms with Crippen molar-refractivity contribution in [2.45, 2.75) is 51.7 Å². The molecule has 0 bridgehead atoms. The van der Waals surface area contributed by atoms with E-state index < -0.39 is 5.60 Å². The summed E-state index contributed by atoms with van der Waals surface area (Å²) in [5.74, 6) is 3.75. The molecule has 1 aliphatic heterocycles. The topological polar surface area (TPSA) is 47.4 Å². The largest absolute Gasteiger partial charge is 0.444 e. The van der Waals surface area contributed by atoms with Gasteiger partial charge in [-0.1, -0.05) is 0 Å². The average Bonchev–Trinajstić information content (AvgIpc) is 3.35. The Kier molecular flexibility index (Phi) is 4.33. The number of fused-ring (bicyclic) bond motifs is 1. The fourth-order valence-electron chi connectivity index (χ4n) is 3.79. The van der Waals surface area contributed by atoms with Crippen LogP contribution in [0.5, 0.6) is 0 Å². The Morgan fingerprint density at radius 2 is 1.88 bits per heavy atom. The van der Waals surface area contributed by atoms with Crippen molar-refractivity contribution in [3.63, 3.8) is 0 Å². The molecule has 0 N–H and O–H groups in total. The smallest absolute Gasteiger partial charge is 0.410 e. The summed E-state index contributed by atoms with van der Waals surface area (Å²) in [6.45, 7) is 8.51. The number of ether oxygens (including phenoxy) is 1. The molecular weight excluding hydrogens is 532 g/mol. The summed E-state index contributed by atoms with van der Waals surface area (Å²) in [5, 5.41) is 0. The number of amides is 1. The second-order valence-corrected chi connectivity index (χ2v) is 10.4. The van der Waals surface area contributed by atoms with E-state index in [9.17, 15) is 4.79 Å². The predicted octanol–water partition coefficient (Wildman–Crippen LogP) is 4.08. The fourth-order valence-corrected chi connectivity index (χ4v) is 4.89. The number of aromatic nitrogens is 2. The highest BCUT2D eigenvalue weighted by Crippen LogP contribution is 2.58. The molecular formula is C17H23I2N3O2. The highest BCUT2D eigenvalue weighted by molar-refractivity contribution is 14.1. The van der Waals surface area contributed by atoms with E-state index in [4.69, 9.17) is 9.72 Å². The molecule has 5 nitrogen and oxygen atoms in total. The van der Waals surface area contributed by atoms with Crippen molar-refractivity contribution in [2.75, 3.05) is 13.1 Å². The number of likely N-dealkylation sites (tertiary alicyclic amines) is 1. The molecule has 1 amide bonds. The molecule has 3 fully saturated rings. The Labute approximate surface area is 170 Å². The molecule has 4 rings (SSSR count). The van der Waals surface area contributed by atoms with E-state index in [1.54, 1.807) is 0 Å². The number of carbonyl (C=O) groups is 1. The Morgan fingerprint density at radius 1 is 1.25 bits per heavy atom. The van der Waals surface area contributed by atoms with Crippen molar-refractivity contribution in [2.24, 2.45) is 17.8 Å². The summed E-state index contributed by atoms with van der Waals surface area (Å²) in [6.07, 6.45) is 2.54. The Hall–Kier alpha value is -0.0600. The van der Waals surface area contributed by atoms with Crippen molar-refractivity contribution in [1.82, 2.24) is 14.5 Å². The van der Waals surface area contributed by atoms with E-state index in [0.29, 0.717) is 17.8 Å². The summed E-state index contributed by atoms with van der Waals surface area (Å²) in [7, 11) is 0. The van der Waals surface area contributed by atoms with Gasteiger partial charge in [0.15, 0.2) is 0 Å². The Balaban J connectivity index is 1.43. The van der Waals surface area contributed by atoms with E-state index in [2.05, 4.69) is 49.7 Å². The van der Waals surface area contributed by atoms with Crippen LogP contribution in [0.25, 0.3) is 0 Å². The zero-order valence-electron chi connectivity index (χ0n) is 14.3. The SMILES string of the molecule is CC(C)(C)OC(=O)N1C[C@@H]2C(c3nc(I)c(I)n3CC3CC3)[C@@H]2C1. The molecule has 24 heavy (non-hydrogen) atoms. The summed E-state index contributed by atoms with van der Waals surface area (Å²) < 4.78 is 10.4. The van der Waals surface area contributed by atoms with Crippen molar-refractivity contribution < 1.29 is 9.53 Å².